The van der Waals surface area contributed by atoms with Crippen molar-refractivity contribution in [3.8, 4) is 0 Å². The van der Waals surface area contributed by atoms with Gasteiger partial charge < -0.3 is 5.32 Å². The van der Waals surface area contributed by atoms with E-state index in [9.17, 15) is 9.18 Å². The van der Waals surface area contributed by atoms with E-state index in [4.69, 9.17) is 0 Å². The van der Waals surface area contributed by atoms with Gasteiger partial charge in [-0.1, -0.05) is 18.2 Å². The Balaban J connectivity index is 1.74. The highest BCUT2D eigenvalue weighted by atomic mass is 19.1. The fourth-order valence-corrected chi connectivity index (χ4v) is 2.16. The predicted octanol–water partition coefficient (Wildman–Crippen LogP) is 3.32. The molecule has 0 saturated carbocycles. The van der Waals surface area contributed by atoms with E-state index in [1.165, 1.54) is 18.2 Å². The summed E-state index contributed by atoms with van der Waals surface area (Å²) < 4.78 is 15.0. The summed E-state index contributed by atoms with van der Waals surface area (Å²) in [6.07, 6.45) is 3.59. The Labute approximate surface area is 127 Å². The molecule has 0 atom stereocenters. The van der Waals surface area contributed by atoms with Gasteiger partial charge in [0.1, 0.15) is 5.82 Å². The van der Waals surface area contributed by atoms with Crippen LogP contribution in [0.2, 0.25) is 0 Å². The number of amides is 1. The smallest absolute Gasteiger partial charge is 0.255 e. The Morgan fingerprint density at radius 1 is 1.14 bits per heavy atom. The molecule has 3 rings (SSSR count). The quantitative estimate of drug-likeness (QED) is 0.802. The van der Waals surface area contributed by atoms with Crippen LogP contribution in [0.4, 0.5) is 10.1 Å². The van der Waals surface area contributed by atoms with Crippen molar-refractivity contribution >= 4 is 11.6 Å². The van der Waals surface area contributed by atoms with Crippen molar-refractivity contribution in [2.45, 2.75) is 6.54 Å². The summed E-state index contributed by atoms with van der Waals surface area (Å²) in [6.45, 7) is 0.622. The zero-order chi connectivity index (χ0) is 15.4. The molecule has 1 aromatic heterocycles. The minimum Gasteiger partial charge on any atom is -0.322 e. The van der Waals surface area contributed by atoms with E-state index < -0.39 is 5.82 Å². The van der Waals surface area contributed by atoms with Crippen molar-refractivity contribution in [2.24, 2.45) is 0 Å². The molecule has 0 spiro atoms. The average molecular weight is 295 g/mol. The van der Waals surface area contributed by atoms with Crippen molar-refractivity contribution in [1.29, 1.82) is 0 Å². The Bertz CT molecular complexity index is 784. The normalized spacial score (nSPS) is 10.4. The van der Waals surface area contributed by atoms with Gasteiger partial charge in [0.15, 0.2) is 0 Å². The molecule has 1 heterocycles. The molecule has 0 unspecified atom stereocenters. The van der Waals surface area contributed by atoms with E-state index in [-0.39, 0.29) is 11.5 Å². The van der Waals surface area contributed by atoms with Crippen molar-refractivity contribution in [3.05, 3.63) is 83.9 Å². The van der Waals surface area contributed by atoms with Gasteiger partial charge in [0.25, 0.3) is 5.91 Å². The Morgan fingerprint density at radius 2 is 2.00 bits per heavy atom. The maximum atomic E-state index is 13.2. The Hall–Kier alpha value is -2.95. The van der Waals surface area contributed by atoms with Crippen LogP contribution in [-0.2, 0) is 6.54 Å². The van der Waals surface area contributed by atoms with Gasteiger partial charge in [0, 0.05) is 23.6 Å². The maximum Gasteiger partial charge on any atom is 0.255 e. The fourth-order valence-electron chi connectivity index (χ4n) is 2.16. The van der Waals surface area contributed by atoms with Crippen LogP contribution in [0.5, 0.6) is 0 Å². The van der Waals surface area contributed by atoms with Gasteiger partial charge in [0.05, 0.1) is 6.54 Å². The highest BCUT2D eigenvalue weighted by Gasteiger charge is 2.07. The summed E-state index contributed by atoms with van der Waals surface area (Å²) in [5.74, 6) is -0.768. The molecular weight excluding hydrogens is 281 g/mol. The van der Waals surface area contributed by atoms with Crippen LogP contribution in [0.15, 0.2) is 67.0 Å². The fraction of sp³-hybridized carbons (Fsp3) is 0.0588. The second-order valence-corrected chi connectivity index (χ2v) is 4.87. The van der Waals surface area contributed by atoms with Crippen molar-refractivity contribution < 1.29 is 9.18 Å². The van der Waals surface area contributed by atoms with Gasteiger partial charge in [0.2, 0.25) is 0 Å². The molecule has 2 aromatic carbocycles. The number of carbonyl (C=O) groups excluding carboxylic acids is 1. The minimum atomic E-state index is -0.430. The van der Waals surface area contributed by atoms with E-state index in [2.05, 4.69) is 10.4 Å². The first kappa shape index (κ1) is 14.0. The molecule has 3 aromatic rings. The van der Waals surface area contributed by atoms with Crippen LogP contribution in [0.1, 0.15) is 15.9 Å². The number of rotatable bonds is 4. The number of carbonyl (C=O) groups is 1. The highest BCUT2D eigenvalue weighted by molar-refractivity contribution is 6.04. The number of hydrogen-bond donors (Lipinski definition) is 1. The standard InChI is InChI=1S/C17H14FN3O/c18-15-6-2-5-14(11-15)17(22)20-16-7-1-4-13(10-16)12-21-9-3-8-19-21/h1-11H,12H2,(H,20,22). The summed E-state index contributed by atoms with van der Waals surface area (Å²) in [5, 5.41) is 6.92. The van der Waals surface area contributed by atoms with Gasteiger partial charge in [-0.25, -0.2) is 4.39 Å². The second-order valence-electron chi connectivity index (χ2n) is 4.87. The third-order valence-electron chi connectivity index (χ3n) is 3.18. The summed E-state index contributed by atoms with van der Waals surface area (Å²) >= 11 is 0. The lowest BCUT2D eigenvalue weighted by Crippen LogP contribution is -2.12. The van der Waals surface area contributed by atoms with Gasteiger partial charge in [-0.2, -0.15) is 5.10 Å². The van der Waals surface area contributed by atoms with Gasteiger partial charge in [-0.3, -0.25) is 9.48 Å². The number of aromatic nitrogens is 2. The Morgan fingerprint density at radius 3 is 2.77 bits per heavy atom. The maximum absolute atomic E-state index is 13.2. The number of nitrogens with zero attached hydrogens (tertiary/aromatic N) is 2. The summed E-state index contributed by atoms with van der Waals surface area (Å²) in [5.41, 5.74) is 1.97. The first-order chi connectivity index (χ1) is 10.7. The minimum absolute atomic E-state index is 0.289. The molecule has 0 bridgehead atoms. The lowest BCUT2D eigenvalue weighted by atomic mass is 10.1. The zero-order valence-electron chi connectivity index (χ0n) is 11.7. The molecule has 0 aliphatic heterocycles. The average Bonchev–Trinajstić information content (AvgIpc) is 3.00. The molecule has 4 nitrogen and oxygen atoms in total. The molecule has 0 aliphatic carbocycles. The molecule has 110 valence electrons. The third kappa shape index (κ3) is 3.38. The van der Waals surface area contributed by atoms with Gasteiger partial charge in [-0.05, 0) is 42.0 Å². The van der Waals surface area contributed by atoms with Crippen LogP contribution in [-0.4, -0.2) is 15.7 Å². The van der Waals surface area contributed by atoms with Gasteiger partial charge >= 0.3 is 0 Å². The first-order valence-corrected chi connectivity index (χ1v) is 6.84. The van der Waals surface area contributed by atoms with Crippen molar-refractivity contribution in [2.75, 3.05) is 5.32 Å². The van der Waals surface area contributed by atoms with Crippen molar-refractivity contribution in [3.63, 3.8) is 0 Å². The molecule has 0 fully saturated rings. The number of halogens is 1. The van der Waals surface area contributed by atoms with E-state index >= 15 is 0 Å². The number of anilines is 1. The van der Waals surface area contributed by atoms with E-state index in [0.717, 1.165) is 5.56 Å². The zero-order valence-corrected chi connectivity index (χ0v) is 11.7. The Kier molecular flexibility index (Phi) is 3.96. The largest absolute Gasteiger partial charge is 0.322 e. The molecule has 5 heteroatoms. The van der Waals surface area contributed by atoms with Crippen molar-refractivity contribution in [1.82, 2.24) is 9.78 Å². The second kappa shape index (κ2) is 6.22. The summed E-state index contributed by atoms with van der Waals surface area (Å²) in [7, 11) is 0. The lowest BCUT2D eigenvalue weighted by molar-refractivity contribution is 0.102. The molecule has 22 heavy (non-hydrogen) atoms. The first-order valence-electron chi connectivity index (χ1n) is 6.84. The van der Waals surface area contributed by atoms with Crippen LogP contribution in [0.25, 0.3) is 0 Å². The predicted molar refractivity (Wildman–Crippen MR) is 82.1 cm³/mol. The van der Waals surface area contributed by atoms with E-state index in [1.54, 1.807) is 23.0 Å². The van der Waals surface area contributed by atoms with Crippen LogP contribution < -0.4 is 5.32 Å². The molecule has 0 saturated heterocycles. The van der Waals surface area contributed by atoms with Crippen LogP contribution >= 0.6 is 0 Å². The molecule has 0 aliphatic rings. The number of benzene rings is 2. The molecule has 1 N–H and O–H groups in total. The van der Waals surface area contributed by atoms with Crippen LogP contribution in [0.3, 0.4) is 0 Å². The van der Waals surface area contributed by atoms with E-state index in [1.807, 2.05) is 30.5 Å². The highest BCUT2D eigenvalue weighted by Crippen LogP contribution is 2.14. The number of nitrogens with one attached hydrogen (secondary N) is 1. The number of hydrogen-bond acceptors (Lipinski definition) is 2. The van der Waals surface area contributed by atoms with Crippen LogP contribution in [0, 0.1) is 5.82 Å². The lowest BCUT2D eigenvalue weighted by Gasteiger charge is -2.08. The summed E-state index contributed by atoms with van der Waals surface area (Å²) in [6, 6.07) is 15.0. The van der Waals surface area contributed by atoms with Gasteiger partial charge in [-0.15, -0.1) is 0 Å². The molecule has 0 radical (unpaired) electrons. The SMILES string of the molecule is O=C(Nc1cccc(Cn2cccn2)c1)c1cccc(F)c1. The summed E-state index contributed by atoms with van der Waals surface area (Å²) in [4.78, 5) is 12.1. The molecule has 1 amide bonds. The monoisotopic (exact) mass is 295 g/mol. The third-order valence-corrected chi connectivity index (χ3v) is 3.18. The van der Waals surface area contributed by atoms with E-state index in [0.29, 0.717) is 12.2 Å². The topological polar surface area (TPSA) is 46.9 Å². The molecular formula is C17H14FN3O.